The van der Waals surface area contributed by atoms with E-state index in [1.54, 1.807) is 0 Å². The minimum Gasteiger partial charge on any atom is -0.303 e. The highest BCUT2D eigenvalue weighted by Gasteiger charge is 2.62. The van der Waals surface area contributed by atoms with Crippen LogP contribution in [0.4, 0.5) is 0 Å². The van der Waals surface area contributed by atoms with Crippen LogP contribution < -0.4 is 0 Å². The van der Waals surface area contributed by atoms with Crippen LogP contribution in [0.25, 0.3) is 0 Å². The van der Waals surface area contributed by atoms with Gasteiger partial charge in [-0.1, -0.05) is 6.92 Å². The summed E-state index contributed by atoms with van der Waals surface area (Å²) in [7, 11) is 0. The lowest BCUT2D eigenvalue weighted by atomic mass is 9.49. The Morgan fingerprint density at radius 2 is 2.15 bits per heavy atom. The number of carbonyl (C=O) groups is 3. The Hall–Kier alpha value is -0.990. The van der Waals surface area contributed by atoms with E-state index in [1.807, 2.05) is 0 Å². The highest BCUT2D eigenvalue weighted by atomic mass is 16.1. The number of hydrogen-bond donors (Lipinski definition) is 0. The van der Waals surface area contributed by atoms with E-state index in [-0.39, 0.29) is 16.7 Å². The predicted octanol–water partition coefficient (Wildman–Crippen LogP) is 3.10. The van der Waals surface area contributed by atoms with Crippen LogP contribution in [0.5, 0.6) is 0 Å². The van der Waals surface area contributed by atoms with Crippen molar-refractivity contribution in [1.29, 1.82) is 0 Å². The zero-order chi connectivity index (χ0) is 14.4. The molecule has 0 aromatic heterocycles. The van der Waals surface area contributed by atoms with E-state index >= 15 is 0 Å². The predicted molar refractivity (Wildman–Crippen MR) is 75.2 cm³/mol. The lowest BCUT2D eigenvalue weighted by Crippen LogP contribution is -2.49. The summed E-state index contributed by atoms with van der Waals surface area (Å²) in [4.78, 5) is 34.8. The van der Waals surface area contributed by atoms with Crippen molar-refractivity contribution in [3.05, 3.63) is 0 Å². The lowest BCUT2D eigenvalue weighted by Gasteiger charge is -2.54. The molecule has 3 fully saturated rings. The fraction of sp³-hybridized carbons (Fsp3) is 0.824. The number of ketones is 2. The molecule has 4 atom stereocenters. The molecule has 3 rings (SSSR count). The summed E-state index contributed by atoms with van der Waals surface area (Å²) in [6.45, 7) is 2.25. The second kappa shape index (κ2) is 4.78. The van der Waals surface area contributed by atoms with Gasteiger partial charge in [0.05, 0.1) is 0 Å². The molecule has 0 unspecified atom stereocenters. The van der Waals surface area contributed by atoms with Gasteiger partial charge in [-0.25, -0.2) is 0 Å². The molecule has 110 valence electrons. The summed E-state index contributed by atoms with van der Waals surface area (Å²) in [5.74, 6) is 1.42. The van der Waals surface area contributed by atoms with Crippen LogP contribution >= 0.6 is 0 Å². The number of carbonyl (C=O) groups excluding carboxylic acids is 3. The fourth-order valence-corrected chi connectivity index (χ4v) is 5.55. The van der Waals surface area contributed by atoms with Gasteiger partial charge in [-0.3, -0.25) is 9.59 Å². The smallest absolute Gasteiger partial charge is 0.136 e. The molecule has 1 spiro atoms. The molecule has 0 aliphatic heterocycles. The van der Waals surface area contributed by atoms with Crippen LogP contribution in [0, 0.1) is 22.7 Å². The van der Waals surface area contributed by atoms with E-state index in [1.165, 1.54) is 0 Å². The van der Waals surface area contributed by atoms with Crippen molar-refractivity contribution in [3.8, 4) is 0 Å². The van der Waals surface area contributed by atoms with Gasteiger partial charge in [0.25, 0.3) is 0 Å². The summed E-state index contributed by atoms with van der Waals surface area (Å²) in [6, 6.07) is 0. The molecule has 0 radical (unpaired) electrons. The molecule has 0 amide bonds. The minimum atomic E-state index is 0.00542. The monoisotopic (exact) mass is 276 g/mol. The van der Waals surface area contributed by atoms with E-state index in [2.05, 4.69) is 6.92 Å². The van der Waals surface area contributed by atoms with Crippen LogP contribution in [0.1, 0.15) is 64.7 Å². The third kappa shape index (κ3) is 1.89. The van der Waals surface area contributed by atoms with Crippen LogP contribution in [-0.2, 0) is 14.4 Å². The van der Waals surface area contributed by atoms with Crippen molar-refractivity contribution in [2.24, 2.45) is 22.7 Å². The SMILES string of the molecule is C[C@]1(CCCC=O)CC(=O)C[C@H]2C[C@@H]3C[C@@]21CCC3=O. The zero-order valence-corrected chi connectivity index (χ0v) is 12.3. The number of unbranched alkanes of at least 4 members (excludes halogenated alkanes) is 1. The van der Waals surface area contributed by atoms with E-state index < -0.39 is 0 Å². The Morgan fingerprint density at radius 1 is 1.35 bits per heavy atom. The third-order valence-corrected chi connectivity index (χ3v) is 6.55. The first-order valence-electron chi connectivity index (χ1n) is 7.99. The maximum atomic E-state index is 12.2. The second-order valence-corrected chi connectivity index (χ2v) is 7.50. The van der Waals surface area contributed by atoms with Crippen LogP contribution in [0.3, 0.4) is 0 Å². The average Bonchev–Trinajstić information content (AvgIpc) is 2.71. The Bertz CT molecular complexity index is 455. The van der Waals surface area contributed by atoms with Crippen molar-refractivity contribution < 1.29 is 14.4 Å². The van der Waals surface area contributed by atoms with E-state index in [0.717, 1.165) is 38.4 Å². The molecule has 0 heterocycles. The topological polar surface area (TPSA) is 51.2 Å². The van der Waals surface area contributed by atoms with Crippen LogP contribution in [0.2, 0.25) is 0 Å². The highest BCUT2D eigenvalue weighted by molar-refractivity contribution is 5.85. The summed E-state index contributed by atoms with van der Waals surface area (Å²) < 4.78 is 0. The van der Waals surface area contributed by atoms with Gasteiger partial charge >= 0.3 is 0 Å². The quantitative estimate of drug-likeness (QED) is 0.585. The molecular formula is C17H24O3. The van der Waals surface area contributed by atoms with Gasteiger partial charge in [-0.2, -0.15) is 0 Å². The maximum Gasteiger partial charge on any atom is 0.136 e. The van der Waals surface area contributed by atoms with Crippen molar-refractivity contribution in [2.45, 2.75) is 64.7 Å². The molecule has 0 aromatic rings. The Morgan fingerprint density at radius 3 is 2.90 bits per heavy atom. The number of fused-ring (bicyclic) bond motifs is 1. The number of aldehydes is 1. The van der Waals surface area contributed by atoms with Crippen molar-refractivity contribution in [2.75, 3.05) is 0 Å². The summed E-state index contributed by atoms with van der Waals surface area (Å²) in [6.07, 6.45) is 8.36. The normalized spacial score (nSPS) is 43.5. The zero-order valence-electron chi connectivity index (χ0n) is 12.3. The van der Waals surface area contributed by atoms with E-state index in [9.17, 15) is 14.4 Å². The summed E-state index contributed by atoms with van der Waals surface area (Å²) >= 11 is 0. The largest absolute Gasteiger partial charge is 0.303 e. The van der Waals surface area contributed by atoms with Gasteiger partial charge in [-0.15, -0.1) is 0 Å². The molecule has 3 aliphatic carbocycles. The number of hydrogen-bond acceptors (Lipinski definition) is 3. The molecule has 3 nitrogen and oxygen atoms in total. The Balaban J connectivity index is 1.89. The highest BCUT2D eigenvalue weighted by Crippen LogP contribution is 2.67. The van der Waals surface area contributed by atoms with Gasteiger partial charge in [0.15, 0.2) is 0 Å². The fourth-order valence-electron chi connectivity index (χ4n) is 5.55. The van der Waals surface area contributed by atoms with Crippen LogP contribution in [-0.4, -0.2) is 17.9 Å². The first kappa shape index (κ1) is 14.0. The Kier molecular flexibility index (Phi) is 3.34. The third-order valence-electron chi connectivity index (χ3n) is 6.55. The second-order valence-electron chi connectivity index (χ2n) is 7.50. The lowest BCUT2D eigenvalue weighted by molar-refractivity contribution is -0.139. The number of rotatable bonds is 4. The van der Waals surface area contributed by atoms with Gasteiger partial charge < -0.3 is 4.79 Å². The van der Waals surface area contributed by atoms with Gasteiger partial charge in [-0.05, 0) is 48.9 Å². The summed E-state index contributed by atoms with van der Waals surface area (Å²) in [5.41, 5.74) is 0.202. The van der Waals surface area contributed by atoms with Gasteiger partial charge in [0.2, 0.25) is 0 Å². The van der Waals surface area contributed by atoms with E-state index in [0.29, 0.717) is 43.2 Å². The molecule has 2 bridgehead atoms. The van der Waals surface area contributed by atoms with Crippen molar-refractivity contribution in [3.63, 3.8) is 0 Å². The first-order valence-corrected chi connectivity index (χ1v) is 7.99. The van der Waals surface area contributed by atoms with Crippen LogP contribution in [0.15, 0.2) is 0 Å². The van der Waals surface area contributed by atoms with Gasteiger partial charge in [0, 0.05) is 31.6 Å². The first-order chi connectivity index (χ1) is 9.51. The Labute approximate surface area is 120 Å². The van der Waals surface area contributed by atoms with Gasteiger partial charge in [0.1, 0.15) is 17.9 Å². The molecule has 0 N–H and O–H groups in total. The molecule has 0 saturated heterocycles. The molecule has 3 heteroatoms. The van der Waals surface area contributed by atoms with Crippen molar-refractivity contribution in [1.82, 2.24) is 0 Å². The van der Waals surface area contributed by atoms with E-state index in [4.69, 9.17) is 0 Å². The molecule has 0 aromatic carbocycles. The molecule has 20 heavy (non-hydrogen) atoms. The minimum absolute atomic E-state index is 0.00542. The average molecular weight is 276 g/mol. The number of Topliss-reactive ketones (excluding diaryl/α,β-unsaturated/α-hetero) is 2. The maximum absolute atomic E-state index is 12.2. The molecule has 3 saturated carbocycles. The molecule has 3 aliphatic rings. The standard InChI is InChI=1S/C17H24O3/c1-16(5-2-3-7-18)11-14(19)9-13-8-12-10-17(13,16)6-4-15(12)20/h7,12-13H,2-6,8-11H2,1H3/t12-,13-,16+,17+/m1/s1. The molecular weight excluding hydrogens is 252 g/mol. The summed E-state index contributed by atoms with van der Waals surface area (Å²) in [5, 5.41) is 0. The van der Waals surface area contributed by atoms with Crippen molar-refractivity contribution >= 4 is 17.9 Å².